The van der Waals surface area contributed by atoms with Crippen LogP contribution >= 0.6 is 0 Å². The van der Waals surface area contributed by atoms with Crippen molar-refractivity contribution in [2.45, 2.75) is 25.7 Å². The van der Waals surface area contributed by atoms with Crippen LogP contribution in [0.2, 0.25) is 0 Å². The van der Waals surface area contributed by atoms with Crippen LogP contribution in [-0.4, -0.2) is 31.7 Å². The van der Waals surface area contributed by atoms with Gasteiger partial charge in [0.2, 0.25) is 0 Å². The van der Waals surface area contributed by atoms with Crippen LogP contribution in [0.4, 0.5) is 5.82 Å². The van der Waals surface area contributed by atoms with E-state index in [1.54, 1.807) is 13.3 Å². The van der Waals surface area contributed by atoms with Gasteiger partial charge in [0.1, 0.15) is 11.6 Å². The molecule has 0 saturated carbocycles. The lowest BCUT2D eigenvalue weighted by atomic mass is 10.2. The molecule has 0 spiro atoms. The molecule has 5 nitrogen and oxygen atoms in total. The zero-order valence-corrected chi connectivity index (χ0v) is 10.9. The molecule has 1 rings (SSSR count). The van der Waals surface area contributed by atoms with Gasteiger partial charge in [0.25, 0.3) is 0 Å². The van der Waals surface area contributed by atoms with Gasteiger partial charge in [0, 0.05) is 13.0 Å². The van der Waals surface area contributed by atoms with Gasteiger partial charge in [-0.2, -0.15) is 0 Å². The van der Waals surface area contributed by atoms with Crippen LogP contribution in [0.15, 0.2) is 18.3 Å². The van der Waals surface area contributed by atoms with Gasteiger partial charge in [-0.25, -0.2) is 4.98 Å². The number of ether oxygens (including phenoxy) is 2. The summed E-state index contributed by atoms with van der Waals surface area (Å²) in [5.74, 6) is 1.45. The number of pyridine rings is 1. The molecule has 1 heterocycles. The zero-order valence-electron chi connectivity index (χ0n) is 10.9. The summed E-state index contributed by atoms with van der Waals surface area (Å²) < 4.78 is 9.60. The van der Waals surface area contributed by atoms with E-state index in [0.29, 0.717) is 6.42 Å². The summed E-state index contributed by atoms with van der Waals surface area (Å²) in [5, 5.41) is 3.22. The zero-order chi connectivity index (χ0) is 13.2. The third kappa shape index (κ3) is 5.52. The first kappa shape index (κ1) is 14.3. The minimum atomic E-state index is -0.139. The molecule has 0 aliphatic rings. The average Bonchev–Trinajstić information content (AvgIpc) is 2.43. The van der Waals surface area contributed by atoms with E-state index in [1.165, 1.54) is 7.11 Å². The largest absolute Gasteiger partial charge is 0.495 e. The minimum absolute atomic E-state index is 0.139. The lowest BCUT2D eigenvalue weighted by Crippen LogP contribution is -2.04. The Balaban J connectivity index is 2.08. The third-order valence-electron chi connectivity index (χ3n) is 2.56. The molecule has 18 heavy (non-hydrogen) atoms. The number of unbranched alkanes of at least 4 members (excludes halogenated alkanes) is 2. The summed E-state index contributed by atoms with van der Waals surface area (Å²) >= 11 is 0. The van der Waals surface area contributed by atoms with E-state index in [0.717, 1.165) is 37.4 Å². The minimum Gasteiger partial charge on any atom is -0.495 e. The van der Waals surface area contributed by atoms with Crippen molar-refractivity contribution >= 4 is 11.8 Å². The van der Waals surface area contributed by atoms with Crippen LogP contribution < -0.4 is 10.1 Å². The molecule has 0 aliphatic carbocycles. The maximum Gasteiger partial charge on any atom is 0.305 e. The Labute approximate surface area is 108 Å². The fourth-order valence-corrected chi connectivity index (χ4v) is 1.50. The van der Waals surface area contributed by atoms with Crippen LogP contribution in [0.3, 0.4) is 0 Å². The number of esters is 1. The molecule has 1 N–H and O–H groups in total. The highest BCUT2D eigenvalue weighted by molar-refractivity contribution is 5.68. The second kappa shape index (κ2) is 8.33. The van der Waals surface area contributed by atoms with E-state index in [1.807, 2.05) is 12.1 Å². The highest BCUT2D eigenvalue weighted by Gasteiger charge is 1.99. The summed E-state index contributed by atoms with van der Waals surface area (Å²) in [6.07, 6.45) is 5.05. The van der Waals surface area contributed by atoms with Crippen LogP contribution in [-0.2, 0) is 9.53 Å². The topological polar surface area (TPSA) is 60.5 Å². The van der Waals surface area contributed by atoms with E-state index in [2.05, 4.69) is 15.0 Å². The number of hydrogen-bond donors (Lipinski definition) is 1. The van der Waals surface area contributed by atoms with Crippen molar-refractivity contribution in [3.05, 3.63) is 18.3 Å². The monoisotopic (exact) mass is 252 g/mol. The molecular formula is C13H20N2O3. The number of aromatic nitrogens is 1. The summed E-state index contributed by atoms with van der Waals surface area (Å²) in [6.45, 7) is 0.848. The number of nitrogens with one attached hydrogen (secondary N) is 1. The van der Waals surface area contributed by atoms with Crippen LogP contribution in [0.25, 0.3) is 0 Å². The normalized spacial score (nSPS) is 9.89. The number of carbonyl (C=O) groups excluding carboxylic acids is 1. The van der Waals surface area contributed by atoms with E-state index in [-0.39, 0.29) is 5.97 Å². The predicted octanol–water partition coefficient (Wildman–Crippen LogP) is 2.24. The Bertz CT molecular complexity index is 352. The quantitative estimate of drug-likeness (QED) is 0.568. The summed E-state index contributed by atoms with van der Waals surface area (Å²) in [5.41, 5.74) is 0. The molecule has 0 fully saturated rings. The fourth-order valence-electron chi connectivity index (χ4n) is 1.50. The Morgan fingerprint density at radius 2 is 2.11 bits per heavy atom. The standard InChI is InChI=1S/C13H20N2O3/c1-17-11-7-8-12(15-10-11)14-9-5-3-4-6-13(16)18-2/h7-8,10H,3-6,9H2,1-2H3,(H,14,15). The smallest absolute Gasteiger partial charge is 0.305 e. The molecule has 0 aromatic carbocycles. The molecule has 0 amide bonds. The predicted molar refractivity (Wildman–Crippen MR) is 69.8 cm³/mol. The van der Waals surface area contributed by atoms with Gasteiger partial charge < -0.3 is 14.8 Å². The average molecular weight is 252 g/mol. The molecule has 0 unspecified atom stereocenters. The first-order chi connectivity index (χ1) is 8.76. The van der Waals surface area contributed by atoms with Crippen molar-refractivity contribution in [1.29, 1.82) is 0 Å². The molecular weight excluding hydrogens is 232 g/mol. The van der Waals surface area contributed by atoms with Crippen LogP contribution in [0.5, 0.6) is 5.75 Å². The van der Waals surface area contributed by atoms with Gasteiger partial charge in [0.05, 0.1) is 20.4 Å². The fraction of sp³-hybridized carbons (Fsp3) is 0.538. The molecule has 0 saturated heterocycles. The van der Waals surface area contributed by atoms with Gasteiger partial charge in [0.15, 0.2) is 0 Å². The van der Waals surface area contributed by atoms with E-state index in [9.17, 15) is 4.79 Å². The molecule has 0 atom stereocenters. The van der Waals surface area contributed by atoms with Crippen LogP contribution in [0, 0.1) is 0 Å². The van der Waals surface area contributed by atoms with Crippen molar-refractivity contribution in [3.8, 4) is 5.75 Å². The van der Waals surface area contributed by atoms with Crippen LogP contribution in [0.1, 0.15) is 25.7 Å². The lowest BCUT2D eigenvalue weighted by Gasteiger charge is -2.06. The van der Waals surface area contributed by atoms with Crippen molar-refractivity contribution in [3.63, 3.8) is 0 Å². The molecule has 5 heteroatoms. The maximum atomic E-state index is 10.9. The maximum absolute atomic E-state index is 10.9. The van der Waals surface area contributed by atoms with Crippen molar-refractivity contribution in [2.75, 3.05) is 26.1 Å². The molecule has 1 aromatic rings. The summed E-state index contributed by atoms with van der Waals surface area (Å²) in [6, 6.07) is 3.75. The van der Waals surface area contributed by atoms with Crippen molar-refractivity contribution in [2.24, 2.45) is 0 Å². The molecule has 0 aliphatic heterocycles. The van der Waals surface area contributed by atoms with Gasteiger partial charge in [-0.15, -0.1) is 0 Å². The summed E-state index contributed by atoms with van der Waals surface area (Å²) in [7, 11) is 3.03. The van der Waals surface area contributed by atoms with Gasteiger partial charge in [-0.05, 0) is 25.0 Å². The first-order valence-electron chi connectivity index (χ1n) is 6.07. The number of nitrogens with zero attached hydrogens (tertiary/aromatic N) is 1. The SMILES string of the molecule is COC(=O)CCCCCNc1ccc(OC)cn1. The van der Waals surface area contributed by atoms with Crippen molar-refractivity contribution in [1.82, 2.24) is 4.98 Å². The number of methoxy groups -OCH3 is 2. The number of anilines is 1. The second-order valence-corrected chi connectivity index (χ2v) is 3.90. The van der Waals surface area contributed by atoms with Crippen molar-refractivity contribution < 1.29 is 14.3 Å². The van der Waals surface area contributed by atoms with Gasteiger partial charge >= 0.3 is 5.97 Å². The lowest BCUT2D eigenvalue weighted by molar-refractivity contribution is -0.140. The molecule has 100 valence electrons. The highest BCUT2D eigenvalue weighted by atomic mass is 16.5. The number of hydrogen-bond acceptors (Lipinski definition) is 5. The first-order valence-corrected chi connectivity index (χ1v) is 6.07. The molecule has 0 radical (unpaired) electrons. The Morgan fingerprint density at radius 1 is 1.28 bits per heavy atom. The third-order valence-corrected chi connectivity index (χ3v) is 2.56. The number of carbonyl (C=O) groups is 1. The Hall–Kier alpha value is -1.78. The summed E-state index contributed by atoms with van der Waals surface area (Å²) in [4.78, 5) is 15.1. The molecule has 0 bridgehead atoms. The van der Waals surface area contributed by atoms with E-state index >= 15 is 0 Å². The second-order valence-electron chi connectivity index (χ2n) is 3.90. The molecule has 1 aromatic heterocycles. The van der Waals surface area contributed by atoms with E-state index in [4.69, 9.17) is 4.74 Å². The Kier molecular flexibility index (Phi) is 6.61. The number of rotatable bonds is 8. The Morgan fingerprint density at radius 3 is 2.72 bits per heavy atom. The van der Waals surface area contributed by atoms with Gasteiger partial charge in [-0.3, -0.25) is 4.79 Å². The van der Waals surface area contributed by atoms with Gasteiger partial charge in [-0.1, -0.05) is 6.42 Å². The highest BCUT2D eigenvalue weighted by Crippen LogP contribution is 2.11. The van der Waals surface area contributed by atoms with E-state index < -0.39 is 0 Å².